The third-order valence-electron chi connectivity index (χ3n) is 2.87. The molecule has 3 aromatic rings. The average Bonchev–Trinajstić information content (AvgIpc) is 2.81. The van der Waals surface area contributed by atoms with Crippen LogP contribution in [0.1, 0.15) is 5.56 Å². The van der Waals surface area contributed by atoms with Crippen molar-refractivity contribution in [2.45, 2.75) is 11.8 Å². The first-order valence-corrected chi connectivity index (χ1v) is 7.60. The van der Waals surface area contributed by atoms with Crippen LogP contribution in [-0.2, 0) is 17.2 Å². The lowest BCUT2D eigenvalue weighted by atomic mass is 10.2. The normalized spacial score (nSPS) is 11.0. The van der Waals surface area contributed by atoms with E-state index in [0.29, 0.717) is 0 Å². The molecule has 0 amide bonds. The monoisotopic (exact) mass is 305 g/mol. The van der Waals surface area contributed by atoms with Crippen molar-refractivity contribution >= 4 is 21.2 Å². The Morgan fingerprint density at radius 1 is 1.10 bits per heavy atom. The van der Waals surface area contributed by atoms with Crippen molar-refractivity contribution in [1.29, 1.82) is 0 Å². The van der Waals surface area contributed by atoms with Crippen LogP contribution in [0.3, 0.4) is 0 Å². The fourth-order valence-electron chi connectivity index (χ4n) is 1.73. The molecule has 0 saturated heterocycles. The van der Waals surface area contributed by atoms with Crippen LogP contribution in [0, 0.1) is 6.92 Å². The molecule has 1 heterocycles. The molecule has 7 heteroatoms. The van der Waals surface area contributed by atoms with Gasteiger partial charge in [-0.05, 0) is 31.2 Å². The van der Waals surface area contributed by atoms with Crippen LogP contribution < -0.4 is 4.68 Å². The molecule has 21 heavy (non-hydrogen) atoms. The maximum absolute atomic E-state index is 10.4. The summed E-state index contributed by atoms with van der Waals surface area (Å²) in [5.41, 5.74) is 3.06. The number of aryl methyl sites for hydroxylation is 2. The number of para-hydroxylation sites is 2. The molecule has 0 radical (unpaired) electrons. The summed E-state index contributed by atoms with van der Waals surface area (Å²) in [4.78, 5) is -0.178. The van der Waals surface area contributed by atoms with Crippen LogP contribution in [0.4, 0.5) is 0 Å². The highest BCUT2D eigenvalue weighted by Crippen LogP contribution is 2.08. The minimum absolute atomic E-state index is 0.178. The van der Waals surface area contributed by atoms with Crippen LogP contribution in [0.15, 0.2) is 53.4 Å². The van der Waals surface area contributed by atoms with E-state index < -0.39 is 10.1 Å². The second kappa shape index (κ2) is 6.02. The fourth-order valence-corrected chi connectivity index (χ4v) is 2.20. The first-order valence-electron chi connectivity index (χ1n) is 6.19. The zero-order valence-corrected chi connectivity index (χ0v) is 12.5. The predicted molar refractivity (Wildman–Crippen MR) is 76.4 cm³/mol. The largest absolute Gasteiger partial charge is 0.744 e. The highest BCUT2D eigenvalue weighted by atomic mass is 32.2. The van der Waals surface area contributed by atoms with Crippen LogP contribution >= 0.6 is 0 Å². The molecule has 0 bridgehead atoms. The van der Waals surface area contributed by atoms with E-state index in [1.54, 1.807) is 12.1 Å². The van der Waals surface area contributed by atoms with Gasteiger partial charge in [0.05, 0.1) is 4.90 Å². The van der Waals surface area contributed by atoms with E-state index in [4.69, 9.17) is 0 Å². The zero-order valence-electron chi connectivity index (χ0n) is 11.6. The number of H-pyrrole nitrogens is 1. The van der Waals surface area contributed by atoms with E-state index in [-0.39, 0.29) is 4.90 Å². The molecule has 0 aliphatic carbocycles. The van der Waals surface area contributed by atoms with E-state index in [2.05, 4.69) is 10.3 Å². The standard InChI is InChI=1S/C7H7N3.C7H8O3S/c1-10-7-5-3-2-4-6(7)8-9-10;1-6-2-4-7(5-3-6)11(8,9)10/h2-5H,1H3;2-5H,1H3,(H,8,9,10). The summed E-state index contributed by atoms with van der Waals surface area (Å²) in [5.74, 6) is 0. The number of fused-ring (bicyclic) bond motifs is 1. The third kappa shape index (κ3) is 3.87. The molecule has 110 valence electrons. The number of nitrogens with zero attached hydrogens (tertiary/aromatic N) is 2. The van der Waals surface area contributed by atoms with Gasteiger partial charge in [-0.25, -0.2) is 8.42 Å². The Bertz CT molecular complexity index is 839. The highest BCUT2D eigenvalue weighted by Gasteiger charge is 2.05. The Morgan fingerprint density at radius 3 is 2.29 bits per heavy atom. The van der Waals surface area contributed by atoms with Crippen molar-refractivity contribution in [1.82, 2.24) is 10.3 Å². The number of nitrogens with one attached hydrogen (secondary N) is 1. The predicted octanol–water partition coefficient (Wildman–Crippen LogP) is 1.29. The van der Waals surface area contributed by atoms with Crippen LogP contribution in [-0.4, -0.2) is 23.3 Å². The molecular formula is C14H15N3O3S. The Kier molecular flexibility index (Phi) is 4.35. The third-order valence-corrected chi connectivity index (χ3v) is 3.72. The molecule has 1 N–H and O–H groups in total. The number of rotatable bonds is 1. The Balaban J connectivity index is 0.000000154. The number of benzene rings is 2. The first-order chi connectivity index (χ1) is 9.88. The Labute approximate surface area is 122 Å². The van der Waals surface area contributed by atoms with Gasteiger partial charge < -0.3 is 4.55 Å². The topological polar surface area (TPSA) is 89.8 Å². The van der Waals surface area contributed by atoms with E-state index >= 15 is 0 Å². The molecule has 0 aliphatic rings. The first kappa shape index (κ1) is 15.1. The summed E-state index contributed by atoms with van der Waals surface area (Å²) < 4.78 is 33.1. The summed E-state index contributed by atoms with van der Waals surface area (Å²) in [7, 11) is -2.33. The second-order valence-corrected chi connectivity index (χ2v) is 5.91. The van der Waals surface area contributed by atoms with Gasteiger partial charge in [0.15, 0.2) is 5.52 Å². The SMILES string of the molecule is C[n+]1[nH]nc2ccccc21.Cc1ccc(S(=O)(=O)[O-])cc1. The van der Waals surface area contributed by atoms with Gasteiger partial charge in [0.25, 0.3) is 0 Å². The molecule has 0 spiro atoms. The van der Waals surface area contributed by atoms with Gasteiger partial charge in [0.1, 0.15) is 17.2 Å². The lowest BCUT2D eigenvalue weighted by molar-refractivity contribution is -0.707. The molecule has 1 aromatic heterocycles. The van der Waals surface area contributed by atoms with Crippen molar-refractivity contribution in [2.75, 3.05) is 0 Å². The van der Waals surface area contributed by atoms with Crippen molar-refractivity contribution in [3.8, 4) is 0 Å². The Hall–Kier alpha value is -2.25. The molecule has 0 aliphatic heterocycles. The Morgan fingerprint density at radius 2 is 1.71 bits per heavy atom. The molecular weight excluding hydrogens is 290 g/mol. The number of hydrogen-bond acceptors (Lipinski definition) is 4. The molecule has 0 unspecified atom stereocenters. The summed E-state index contributed by atoms with van der Waals surface area (Å²) in [6, 6.07) is 13.8. The van der Waals surface area contributed by atoms with Crippen molar-refractivity contribution < 1.29 is 17.7 Å². The maximum atomic E-state index is 10.4. The maximum Gasteiger partial charge on any atom is 0.248 e. The molecule has 0 saturated carbocycles. The van der Waals surface area contributed by atoms with Crippen molar-refractivity contribution in [3.05, 3.63) is 54.1 Å². The minimum Gasteiger partial charge on any atom is -0.744 e. The zero-order chi connectivity index (χ0) is 15.5. The van der Waals surface area contributed by atoms with Gasteiger partial charge in [-0.1, -0.05) is 35.0 Å². The fraction of sp³-hybridized carbons (Fsp3) is 0.143. The van der Waals surface area contributed by atoms with Crippen LogP contribution in [0.2, 0.25) is 0 Å². The minimum atomic E-state index is -4.27. The van der Waals surface area contributed by atoms with Crippen LogP contribution in [0.5, 0.6) is 0 Å². The van der Waals surface area contributed by atoms with E-state index in [1.807, 2.05) is 42.9 Å². The van der Waals surface area contributed by atoms with Gasteiger partial charge in [0.2, 0.25) is 5.52 Å². The highest BCUT2D eigenvalue weighted by molar-refractivity contribution is 7.85. The van der Waals surface area contributed by atoms with Gasteiger partial charge in [0, 0.05) is 5.10 Å². The summed E-state index contributed by atoms with van der Waals surface area (Å²) in [6.45, 7) is 1.82. The summed E-state index contributed by atoms with van der Waals surface area (Å²) in [6.07, 6.45) is 0. The average molecular weight is 305 g/mol. The molecule has 0 atom stereocenters. The second-order valence-electron chi connectivity index (χ2n) is 4.53. The van der Waals surface area contributed by atoms with Gasteiger partial charge in [-0.3, -0.25) is 0 Å². The van der Waals surface area contributed by atoms with Crippen molar-refractivity contribution in [3.63, 3.8) is 0 Å². The van der Waals surface area contributed by atoms with Crippen molar-refractivity contribution in [2.24, 2.45) is 7.05 Å². The lowest BCUT2D eigenvalue weighted by Crippen LogP contribution is -2.29. The number of aromatic amines is 1. The summed E-state index contributed by atoms with van der Waals surface area (Å²) in [5, 5.41) is 6.90. The van der Waals surface area contributed by atoms with Gasteiger partial charge in [-0.2, -0.15) is 4.68 Å². The molecule has 0 fully saturated rings. The van der Waals surface area contributed by atoms with E-state index in [1.165, 1.54) is 12.1 Å². The van der Waals surface area contributed by atoms with Crippen LogP contribution in [0.25, 0.3) is 11.0 Å². The molecule has 3 rings (SSSR count). The quantitative estimate of drug-likeness (QED) is 0.542. The lowest BCUT2D eigenvalue weighted by Gasteiger charge is -2.05. The smallest absolute Gasteiger partial charge is 0.248 e. The number of aromatic nitrogens is 3. The molecule has 2 aromatic carbocycles. The van der Waals surface area contributed by atoms with Gasteiger partial charge in [-0.15, -0.1) is 0 Å². The van der Waals surface area contributed by atoms with E-state index in [9.17, 15) is 13.0 Å². The summed E-state index contributed by atoms with van der Waals surface area (Å²) >= 11 is 0. The van der Waals surface area contributed by atoms with Gasteiger partial charge >= 0.3 is 0 Å². The van der Waals surface area contributed by atoms with E-state index in [0.717, 1.165) is 16.6 Å². The number of hydrogen-bond donors (Lipinski definition) is 1. The molecule has 6 nitrogen and oxygen atoms in total.